The maximum atomic E-state index is 12.5. The number of nitro benzene ring substituents is 1. The van der Waals surface area contributed by atoms with E-state index in [1.54, 1.807) is 24.3 Å². The number of anilines is 1. The molecule has 0 bridgehead atoms. The molecule has 0 radical (unpaired) electrons. The van der Waals surface area contributed by atoms with Crippen molar-refractivity contribution in [3.8, 4) is 5.75 Å². The molecule has 1 fully saturated rings. The number of ketones is 1. The highest BCUT2D eigenvalue weighted by atomic mass is 16.6. The molecule has 0 unspecified atom stereocenters. The standard InChI is InChI=1S/C21H22N2O7/c1-14(24)15-4-6-20(28-2)17(11-15)13-30-21(25)16-3-5-18(19(12-16)23(26)27)22-7-9-29-10-8-22/h3-6,11-12H,7-10,13H2,1-2H3. The van der Waals surface area contributed by atoms with Gasteiger partial charge in [0.05, 0.1) is 30.8 Å². The van der Waals surface area contributed by atoms with Crippen LogP contribution in [-0.4, -0.2) is 50.1 Å². The van der Waals surface area contributed by atoms with Gasteiger partial charge in [-0.05, 0) is 37.3 Å². The minimum Gasteiger partial charge on any atom is -0.496 e. The minimum absolute atomic E-state index is 0.0698. The first-order valence-electron chi connectivity index (χ1n) is 9.37. The van der Waals surface area contributed by atoms with E-state index in [1.807, 2.05) is 4.90 Å². The molecular weight excluding hydrogens is 392 g/mol. The summed E-state index contributed by atoms with van der Waals surface area (Å²) in [7, 11) is 1.47. The lowest BCUT2D eigenvalue weighted by molar-refractivity contribution is -0.384. The molecule has 0 saturated carbocycles. The number of rotatable bonds is 7. The Morgan fingerprint density at radius 2 is 1.83 bits per heavy atom. The predicted molar refractivity (Wildman–Crippen MR) is 108 cm³/mol. The maximum absolute atomic E-state index is 12.5. The number of carbonyl (C=O) groups is 2. The van der Waals surface area contributed by atoms with Gasteiger partial charge >= 0.3 is 5.97 Å². The Bertz CT molecular complexity index is 968. The zero-order valence-electron chi connectivity index (χ0n) is 16.8. The van der Waals surface area contributed by atoms with Crippen molar-refractivity contribution in [2.45, 2.75) is 13.5 Å². The Kier molecular flexibility index (Phi) is 6.63. The van der Waals surface area contributed by atoms with Crippen molar-refractivity contribution in [3.63, 3.8) is 0 Å². The SMILES string of the molecule is COc1ccc(C(C)=O)cc1COC(=O)c1ccc(N2CCOCC2)c([N+](=O)[O-])c1. The van der Waals surface area contributed by atoms with Gasteiger partial charge in [-0.3, -0.25) is 14.9 Å². The number of morpholine rings is 1. The van der Waals surface area contributed by atoms with Crippen molar-refractivity contribution in [1.29, 1.82) is 0 Å². The minimum atomic E-state index is -0.707. The number of benzene rings is 2. The second kappa shape index (κ2) is 9.36. The molecule has 3 rings (SSSR count). The molecule has 0 amide bonds. The molecule has 158 valence electrons. The number of methoxy groups -OCH3 is 1. The summed E-state index contributed by atoms with van der Waals surface area (Å²) in [6, 6.07) is 9.12. The second-order valence-electron chi connectivity index (χ2n) is 6.72. The molecule has 0 atom stereocenters. The third-order valence-electron chi connectivity index (χ3n) is 4.81. The lowest BCUT2D eigenvalue weighted by atomic mass is 10.1. The average molecular weight is 414 g/mol. The number of nitrogens with zero attached hydrogens (tertiary/aromatic N) is 2. The zero-order chi connectivity index (χ0) is 21.7. The summed E-state index contributed by atoms with van der Waals surface area (Å²) in [5.74, 6) is -0.358. The average Bonchev–Trinajstić information content (AvgIpc) is 2.77. The third kappa shape index (κ3) is 4.74. The Balaban J connectivity index is 1.79. The number of esters is 1. The van der Waals surface area contributed by atoms with Crippen LogP contribution in [0, 0.1) is 10.1 Å². The van der Waals surface area contributed by atoms with Crippen LogP contribution in [0.25, 0.3) is 0 Å². The van der Waals surface area contributed by atoms with Gasteiger partial charge in [-0.25, -0.2) is 4.79 Å². The highest BCUT2D eigenvalue weighted by molar-refractivity contribution is 5.94. The Hall–Kier alpha value is -3.46. The first-order valence-corrected chi connectivity index (χ1v) is 9.37. The second-order valence-corrected chi connectivity index (χ2v) is 6.72. The molecule has 2 aromatic rings. The topological polar surface area (TPSA) is 108 Å². The van der Waals surface area contributed by atoms with Gasteiger partial charge in [0, 0.05) is 30.3 Å². The molecule has 1 aliphatic heterocycles. The van der Waals surface area contributed by atoms with Crippen LogP contribution < -0.4 is 9.64 Å². The van der Waals surface area contributed by atoms with Crippen molar-refractivity contribution < 1.29 is 28.7 Å². The van der Waals surface area contributed by atoms with E-state index in [9.17, 15) is 19.7 Å². The maximum Gasteiger partial charge on any atom is 0.338 e. The summed E-state index contributed by atoms with van der Waals surface area (Å²) in [6.45, 7) is 3.35. The highest BCUT2D eigenvalue weighted by Gasteiger charge is 2.24. The Morgan fingerprint density at radius 1 is 1.13 bits per heavy atom. The van der Waals surface area contributed by atoms with Gasteiger partial charge in [0.1, 0.15) is 18.0 Å². The molecular formula is C21H22N2O7. The van der Waals surface area contributed by atoms with Gasteiger partial charge in [0.25, 0.3) is 5.69 Å². The quantitative estimate of drug-likeness (QED) is 0.294. The molecule has 0 aliphatic carbocycles. The molecule has 0 aromatic heterocycles. The van der Waals surface area contributed by atoms with Gasteiger partial charge in [0.2, 0.25) is 0 Å². The number of ether oxygens (including phenoxy) is 3. The molecule has 0 N–H and O–H groups in total. The summed E-state index contributed by atoms with van der Waals surface area (Å²) in [6.07, 6.45) is 0. The normalized spacial score (nSPS) is 13.6. The van der Waals surface area contributed by atoms with E-state index in [0.717, 1.165) is 0 Å². The van der Waals surface area contributed by atoms with Gasteiger partial charge in [-0.15, -0.1) is 0 Å². The Morgan fingerprint density at radius 3 is 2.47 bits per heavy atom. The predicted octanol–water partition coefficient (Wildman–Crippen LogP) is 3.00. The summed E-state index contributed by atoms with van der Waals surface area (Å²) >= 11 is 0. The van der Waals surface area contributed by atoms with E-state index in [4.69, 9.17) is 14.2 Å². The van der Waals surface area contributed by atoms with Gasteiger partial charge in [-0.1, -0.05) is 0 Å². The smallest absolute Gasteiger partial charge is 0.338 e. The monoisotopic (exact) mass is 414 g/mol. The molecule has 2 aromatic carbocycles. The summed E-state index contributed by atoms with van der Waals surface area (Å²) < 4.78 is 15.9. The van der Waals surface area contributed by atoms with Crippen molar-refractivity contribution in [2.75, 3.05) is 38.3 Å². The number of hydrogen-bond acceptors (Lipinski definition) is 8. The molecule has 9 heteroatoms. The van der Waals surface area contributed by atoms with E-state index in [-0.39, 0.29) is 23.6 Å². The van der Waals surface area contributed by atoms with Crippen LogP contribution in [-0.2, 0) is 16.1 Å². The number of nitro groups is 1. The van der Waals surface area contributed by atoms with Crippen molar-refractivity contribution >= 4 is 23.1 Å². The largest absolute Gasteiger partial charge is 0.496 e. The zero-order valence-corrected chi connectivity index (χ0v) is 16.8. The van der Waals surface area contributed by atoms with Gasteiger partial charge in [-0.2, -0.15) is 0 Å². The molecule has 1 aliphatic rings. The van der Waals surface area contributed by atoms with Crippen LogP contribution in [0.4, 0.5) is 11.4 Å². The fourth-order valence-corrected chi connectivity index (χ4v) is 3.21. The van der Waals surface area contributed by atoms with E-state index >= 15 is 0 Å². The van der Waals surface area contributed by atoms with E-state index in [0.29, 0.717) is 48.9 Å². The first kappa shape index (κ1) is 21.3. The first-order chi connectivity index (χ1) is 14.4. The summed E-state index contributed by atoms with van der Waals surface area (Å²) in [5, 5.41) is 11.6. The Labute approximate surface area is 173 Å². The third-order valence-corrected chi connectivity index (χ3v) is 4.81. The fraction of sp³-hybridized carbons (Fsp3) is 0.333. The molecule has 1 saturated heterocycles. The van der Waals surface area contributed by atoms with Crippen LogP contribution >= 0.6 is 0 Å². The lowest BCUT2D eigenvalue weighted by Crippen LogP contribution is -2.36. The van der Waals surface area contributed by atoms with Crippen molar-refractivity contribution in [2.24, 2.45) is 0 Å². The fourth-order valence-electron chi connectivity index (χ4n) is 3.21. The summed E-state index contributed by atoms with van der Waals surface area (Å²) in [5.41, 5.74) is 1.34. The molecule has 0 spiro atoms. The van der Waals surface area contributed by atoms with Crippen molar-refractivity contribution in [3.05, 3.63) is 63.2 Å². The van der Waals surface area contributed by atoms with E-state index in [2.05, 4.69) is 0 Å². The molecule has 30 heavy (non-hydrogen) atoms. The summed E-state index contributed by atoms with van der Waals surface area (Å²) in [4.78, 5) is 37.0. The van der Waals surface area contributed by atoms with Crippen LogP contribution in [0.15, 0.2) is 36.4 Å². The number of hydrogen-bond donors (Lipinski definition) is 0. The lowest BCUT2D eigenvalue weighted by Gasteiger charge is -2.28. The van der Waals surface area contributed by atoms with Crippen LogP contribution in [0.5, 0.6) is 5.75 Å². The van der Waals surface area contributed by atoms with Crippen LogP contribution in [0.1, 0.15) is 33.2 Å². The van der Waals surface area contributed by atoms with Gasteiger partial charge in [0.15, 0.2) is 5.78 Å². The number of carbonyl (C=O) groups excluding carboxylic acids is 2. The van der Waals surface area contributed by atoms with Crippen molar-refractivity contribution in [1.82, 2.24) is 0 Å². The van der Waals surface area contributed by atoms with Crippen LogP contribution in [0.2, 0.25) is 0 Å². The highest BCUT2D eigenvalue weighted by Crippen LogP contribution is 2.30. The van der Waals surface area contributed by atoms with E-state index < -0.39 is 10.9 Å². The van der Waals surface area contributed by atoms with Crippen LogP contribution in [0.3, 0.4) is 0 Å². The van der Waals surface area contributed by atoms with Gasteiger partial charge < -0.3 is 19.1 Å². The van der Waals surface area contributed by atoms with E-state index in [1.165, 1.54) is 26.2 Å². The molecule has 9 nitrogen and oxygen atoms in total. The molecule has 1 heterocycles. The number of Topliss-reactive ketones (excluding diaryl/α,β-unsaturated/α-hetero) is 1.